The number of fused-ring (bicyclic) bond motifs is 1. The lowest BCUT2D eigenvalue weighted by Gasteiger charge is -2.05. The average molecular weight is 289 g/mol. The summed E-state index contributed by atoms with van der Waals surface area (Å²) in [6.45, 7) is 0. The SMILES string of the molecule is Cn1nccc1-c1ncnc2cc(Br)ccc12. The summed E-state index contributed by atoms with van der Waals surface area (Å²) in [5, 5.41) is 5.19. The van der Waals surface area contributed by atoms with Crippen molar-refractivity contribution in [1.29, 1.82) is 0 Å². The van der Waals surface area contributed by atoms with Crippen LogP contribution in [0.25, 0.3) is 22.3 Å². The highest BCUT2D eigenvalue weighted by Crippen LogP contribution is 2.26. The molecule has 4 nitrogen and oxygen atoms in total. The molecule has 0 unspecified atom stereocenters. The summed E-state index contributed by atoms with van der Waals surface area (Å²) in [6, 6.07) is 7.94. The molecule has 0 aliphatic heterocycles. The largest absolute Gasteiger partial charge is 0.266 e. The maximum absolute atomic E-state index is 4.35. The topological polar surface area (TPSA) is 43.6 Å². The first-order valence-electron chi connectivity index (χ1n) is 5.14. The van der Waals surface area contributed by atoms with Crippen LogP contribution in [0.2, 0.25) is 0 Å². The number of rotatable bonds is 1. The van der Waals surface area contributed by atoms with Crippen LogP contribution >= 0.6 is 15.9 Å². The molecule has 17 heavy (non-hydrogen) atoms. The number of aromatic nitrogens is 4. The Morgan fingerprint density at radius 3 is 2.82 bits per heavy atom. The molecular formula is C12H9BrN4. The summed E-state index contributed by atoms with van der Waals surface area (Å²) in [5.41, 5.74) is 2.81. The molecule has 0 radical (unpaired) electrons. The van der Waals surface area contributed by atoms with Crippen molar-refractivity contribution < 1.29 is 0 Å². The zero-order valence-electron chi connectivity index (χ0n) is 9.13. The van der Waals surface area contributed by atoms with Crippen LogP contribution in [0.3, 0.4) is 0 Å². The fourth-order valence-electron chi connectivity index (χ4n) is 1.84. The number of aryl methyl sites for hydroxylation is 1. The standard InChI is InChI=1S/C12H9BrN4/c1-17-11(4-5-16-17)12-9-3-2-8(13)6-10(9)14-7-15-12/h2-7H,1H3. The third-order valence-corrected chi connectivity index (χ3v) is 3.16. The third kappa shape index (κ3) is 1.72. The number of hydrogen-bond acceptors (Lipinski definition) is 3. The lowest BCUT2D eigenvalue weighted by molar-refractivity contribution is 0.774. The molecule has 0 bridgehead atoms. The van der Waals surface area contributed by atoms with Crippen LogP contribution < -0.4 is 0 Å². The molecule has 0 aliphatic carbocycles. The van der Waals surface area contributed by atoms with Crippen LogP contribution in [0.5, 0.6) is 0 Å². The van der Waals surface area contributed by atoms with Crippen LogP contribution in [-0.2, 0) is 7.05 Å². The summed E-state index contributed by atoms with van der Waals surface area (Å²) in [6.07, 6.45) is 3.35. The summed E-state index contributed by atoms with van der Waals surface area (Å²) >= 11 is 3.44. The molecule has 1 aromatic carbocycles. The van der Waals surface area contributed by atoms with Crippen LogP contribution in [0.4, 0.5) is 0 Å². The highest BCUT2D eigenvalue weighted by atomic mass is 79.9. The second-order valence-electron chi connectivity index (χ2n) is 3.72. The number of halogens is 1. The van der Waals surface area contributed by atoms with E-state index >= 15 is 0 Å². The van der Waals surface area contributed by atoms with Gasteiger partial charge in [0.25, 0.3) is 0 Å². The maximum atomic E-state index is 4.35. The molecule has 2 heterocycles. The number of benzene rings is 1. The quantitative estimate of drug-likeness (QED) is 0.692. The third-order valence-electron chi connectivity index (χ3n) is 2.66. The molecule has 3 rings (SSSR count). The first-order valence-corrected chi connectivity index (χ1v) is 5.93. The molecule has 84 valence electrons. The predicted molar refractivity (Wildman–Crippen MR) is 69.4 cm³/mol. The minimum Gasteiger partial charge on any atom is -0.266 e. The van der Waals surface area contributed by atoms with E-state index in [0.29, 0.717) is 0 Å². The molecular weight excluding hydrogens is 280 g/mol. The Kier molecular flexibility index (Phi) is 2.40. The predicted octanol–water partition coefficient (Wildman–Crippen LogP) is 2.79. The first-order chi connectivity index (χ1) is 8.25. The van der Waals surface area contributed by atoms with Gasteiger partial charge < -0.3 is 0 Å². The second kappa shape index (κ2) is 3.92. The van der Waals surface area contributed by atoms with E-state index in [1.165, 1.54) is 0 Å². The second-order valence-corrected chi connectivity index (χ2v) is 4.64. The Labute approximate surface area is 106 Å². The van der Waals surface area contributed by atoms with E-state index in [1.54, 1.807) is 12.5 Å². The lowest BCUT2D eigenvalue weighted by Crippen LogP contribution is -1.96. The van der Waals surface area contributed by atoms with Gasteiger partial charge in [-0.1, -0.05) is 15.9 Å². The molecule has 0 spiro atoms. The van der Waals surface area contributed by atoms with Crippen molar-refractivity contribution in [3.8, 4) is 11.4 Å². The van der Waals surface area contributed by atoms with E-state index in [4.69, 9.17) is 0 Å². The number of hydrogen-bond donors (Lipinski definition) is 0. The van der Waals surface area contributed by atoms with Gasteiger partial charge in [0.05, 0.1) is 16.9 Å². The highest BCUT2D eigenvalue weighted by molar-refractivity contribution is 9.10. The summed E-state index contributed by atoms with van der Waals surface area (Å²) in [7, 11) is 1.90. The van der Waals surface area contributed by atoms with Crippen molar-refractivity contribution in [3.05, 3.63) is 41.3 Å². The zero-order valence-corrected chi connectivity index (χ0v) is 10.7. The van der Waals surface area contributed by atoms with Gasteiger partial charge >= 0.3 is 0 Å². The molecule has 0 aliphatic rings. The lowest BCUT2D eigenvalue weighted by atomic mass is 10.1. The molecule has 0 amide bonds. The Morgan fingerprint density at radius 2 is 2.06 bits per heavy atom. The number of nitrogens with zero attached hydrogens (tertiary/aromatic N) is 4. The van der Waals surface area contributed by atoms with Crippen molar-refractivity contribution in [2.75, 3.05) is 0 Å². The van der Waals surface area contributed by atoms with Gasteiger partial charge in [-0.3, -0.25) is 4.68 Å². The van der Waals surface area contributed by atoms with E-state index in [9.17, 15) is 0 Å². The average Bonchev–Trinajstić information content (AvgIpc) is 2.74. The van der Waals surface area contributed by atoms with Crippen molar-refractivity contribution in [1.82, 2.24) is 19.7 Å². The maximum Gasteiger partial charge on any atom is 0.116 e. The van der Waals surface area contributed by atoms with Gasteiger partial charge in [-0.25, -0.2) is 9.97 Å². The molecule has 5 heteroatoms. The van der Waals surface area contributed by atoms with Gasteiger partial charge in [0.15, 0.2) is 0 Å². The van der Waals surface area contributed by atoms with Crippen LogP contribution in [0.1, 0.15) is 0 Å². The van der Waals surface area contributed by atoms with E-state index in [1.807, 2.05) is 36.0 Å². The monoisotopic (exact) mass is 288 g/mol. The van der Waals surface area contributed by atoms with Gasteiger partial charge in [-0.15, -0.1) is 0 Å². The molecule has 0 fully saturated rings. The summed E-state index contributed by atoms with van der Waals surface area (Å²) in [5.74, 6) is 0. The molecule has 3 aromatic rings. The Hall–Kier alpha value is -1.75. The van der Waals surface area contributed by atoms with Crippen LogP contribution in [0.15, 0.2) is 41.3 Å². The normalized spacial score (nSPS) is 10.9. The Balaban J connectivity index is 2.34. The van der Waals surface area contributed by atoms with Gasteiger partial charge in [0, 0.05) is 23.1 Å². The minimum atomic E-state index is 0.905. The fraction of sp³-hybridized carbons (Fsp3) is 0.0833. The fourth-order valence-corrected chi connectivity index (χ4v) is 2.19. The van der Waals surface area contributed by atoms with Crippen LogP contribution in [-0.4, -0.2) is 19.7 Å². The van der Waals surface area contributed by atoms with E-state index < -0.39 is 0 Å². The Bertz CT molecular complexity index is 690. The molecule has 0 N–H and O–H groups in total. The van der Waals surface area contributed by atoms with Crippen molar-refractivity contribution in [3.63, 3.8) is 0 Å². The van der Waals surface area contributed by atoms with Gasteiger partial charge in [-0.05, 0) is 24.3 Å². The van der Waals surface area contributed by atoms with Crippen molar-refractivity contribution >= 4 is 26.8 Å². The van der Waals surface area contributed by atoms with E-state index in [0.717, 1.165) is 26.8 Å². The molecule has 0 saturated carbocycles. The summed E-state index contributed by atoms with van der Waals surface area (Å²) < 4.78 is 2.82. The smallest absolute Gasteiger partial charge is 0.116 e. The van der Waals surface area contributed by atoms with Gasteiger partial charge in [0.1, 0.15) is 6.33 Å². The Morgan fingerprint density at radius 1 is 1.18 bits per heavy atom. The summed E-state index contributed by atoms with van der Waals surface area (Å²) in [4.78, 5) is 8.62. The molecule has 0 atom stereocenters. The van der Waals surface area contributed by atoms with Gasteiger partial charge in [0.2, 0.25) is 0 Å². The van der Waals surface area contributed by atoms with Crippen molar-refractivity contribution in [2.24, 2.45) is 7.05 Å². The van der Waals surface area contributed by atoms with Crippen molar-refractivity contribution in [2.45, 2.75) is 0 Å². The highest BCUT2D eigenvalue weighted by Gasteiger charge is 2.09. The zero-order chi connectivity index (χ0) is 11.8. The van der Waals surface area contributed by atoms with E-state index in [-0.39, 0.29) is 0 Å². The molecule has 0 saturated heterocycles. The molecule has 2 aromatic heterocycles. The van der Waals surface area contributed by atoms with Gasteiger partial charge in [-0.2, -0.15) is 5.10 Å². The van der Waals surface area contributed by atoms with Crippen LogP contribution in [0, 0.1) is 0 Å². The minimum absolute atomic E-state index is 0.905. The first kappa shape index (κ1) is 10.4. The van der Waals surface area contributed by atoms with E-state index in [2.05, 4.69) is 31.0 Å².